The molecule has 0 fully saturated rings. The highest BCUT2D eigenvalue weighted by Gasteiger charge is 2.22. The number of benzene rings is 2. The highest BCUT2D eigenvalue weighted by Crippen LogP contribution is 2.29. The largest absolute Gasteiger partial charge is 0.399 e. The predicted molar refractivity (Wildman–Crippen MR) is 86.4 cm³/mol. The van der Waals surface area contributed by atoms with Gasteiger partial charge in [-0.3, -0.25) is 4.79 Å². The summed E-state index contributed by atoms with van der Waals surface area (Å²) in [7, 11) is 0. The minimum Gasteiger partial charge on any atom is -0.399 e. The van der Waals surface area contributed by atoms with Crippen LogP contribution in [-0.4, -0.2) is 12.5 Å². The van der Waals surface area contributed by atoms with Crippen molar-refractivity contribution in [1.82, 2.24) is 0 Å². The third-order valence-electron chi connectivity index (χ3n) is 4.13. The van der Waals surface area contributed by atoms with Gasteiger partial charge in [0.05, 0.1) is 6.42 Å². The lowest BCUT2D eigenvalue weighted by Gasteiger charge is -2.30. The quantitative estimate of drug-likeness (QED) is 0.859. The Morgan fingerprint density at radius 2 is 2.05 bits per heavy atom. The van der Waals surface area contributed by atoms with Gasteiger partial charge in [0.2, 0.25) is 5.91 Å². The van der Waals surface area contributed by atoms with Gasteiger partial charge in [0.25, 0.3) is 0 Å². The summed E-state index contributed by atoms with van der Waals surface area (Å²) in [6.07, 6.45) is 2.45. The van der Waals surface area contributed by atoms with Gasteiger partial charge < -0.3 is 10.6 Å². The molecule has 1 heterocycles. The second-order valence-corrected chi connectivity index (χ2v) is 5.64. The molecule has 0 saturated heterocycles. The van der Waals surface area contributed by atoms with Gasteiger partial charge in [-0.05, 0) is 54.7 Å². The maximum atomic E-state index is 12.7. The van der Waals surface area contributed by atoms with Crippen LogP contribution in [0.25, 0.3) is 0 Å². The second kappa shape index (κ2) is 5.60. The van der Waals surface area contributed by atoms with Crippen molar-refractivity contribution in [2.24, 2.45) is 0 Å². The molecule has 2 N–H and O–H groups in total. The molecule has 0 aromatic heterocycles. The van der Waals surface area contributed by atoms with Crippen LogP contribution in [0.2, 0.25) is 0 Å². The van der Waals surface area contributed by atoms with Gasteiger partial charge in [-0.2, -0.15) is 0 Å². The lowest BCUT2D eigenvalue weighted by molar-refractivity contribution is -0.118. The first-order valence-electron chi connectivity index (χ1n) is 7.38. The average Bonchev–Trinajstić information content (AvgIpc) is 2.48. The Kier molecular flexibility index (Phi) is 3.65. The Balaban J connectivity index is 1.85. The van der Waals surface area contributed by atoms with Crippen molar-refractivity contribution in [3.05, 3.63) is 59.2 Å². The number of carbonyl (C=O) groups excluding carboxylic acids is 1. The number of hydrogen-bond donors (Lipinski definition) is 1. The zero-order chi connectivity index (χ0) is 14.8. The molecule has 0 saturated carbocycles. The van der Waals surface area contributed by atoms with Gasteiger partial charge in [0.15, 0.2) is 0 Å². The highest BCUT2D eigenvalue weighted by atomic mass is 16.2. The van der Waals surface area contributed by atoms with Crippen LogP contribution in [0.5, 0.6) is 0 Å². The summed E-state index contributed by atoms with van der Waals surface area (Å²) in [5, 5.41) is 0. The molecule has 0 atom stereocenters. The molecule has 0 spiro atoms. The number of rotatable bonds is 2. The molecule has 0 radical (unpaired) electrons. The van der Waals surface area contributed by atoms with Crippen LogP contribution >= 0.6 is 0 Å². The smallest absolute Gasteiger partial charge is 0.231 e. The van der Waals surface area contributed by atoms with Gasteiger partial charge in [-0.15, -0.1) is 0 Å². The first-order chi connectivity index (χ1) is 10.1. The summed E-state index contributed by atoms with van der Waals surface area (Å²) in [5.41, 5.74) is 11.1. The fourth-order valence-corrected chi connectivity index (χ4v) is 2.94. The van der Waals surface area contributed by atoms with Crippen LogP contribution in [0.15, 0.2) is 42.5 Å². The second-order valence-electron chi connectivity index (χ2n) is 5.64. The molecule has 0 unspecified atom stereocenters. The number of aryl methyl sites for hydroxylation is 2. The molecule has 2 aromatic rings. The van der Waals surface area contributed by atoms with Gasteiger partial charge in [-0.25, -0.2) is 0 Å². The van der Waals surface area contributed by atoms with E-state index in [9.17, 15) is 4.79 Å². The van der Waals surface area contributed by atoms with Gasteiger partial charge >= 0.3 is 0 Å². The number of fused-ring (bicyclic) bond motifs is 1. The zero-order valence-corrected chi connectivity index (χ0v) is 12.3. The van der Waals surface area contributed by atoms with E-state index in [0.29, 0.717) is 6.42 Å². The van der Waals surface area contributed by atoms with E-state index in [1.165, 1.54) is 11.1 Å². The summed E-state index contributed by atoms with van der Waals surface area (Å²) in [4.78, 5) is 14.6. The van der Waals surface area contributed by atoms with Gasteiger partial charge in [0.1, 0.15) is 0 Å². The number of hydrogen-bond acceptors (Lipinski definition) is 2. The molecule has 108 valence electrons. The van der Waals surface area contributed by atoms with Crippen LogP contribution < -0.4 is 10.6 Å². The highest BCUT2D eigenvalue weighted by molar-refractivity contribution is 5.96. The lowest BCUT2D eigenvalue weighted by Crippen LogP contribution is -2.36. The van der Waals surface area contributed by atoms with Crippen LogP contribution in [-0.2, 0) is 17.6 Å². The van der Waals surface area contributed by atoms with Crippen LogP contribution in [0.1, 0.15) is 23.1 Å². The summed E-state index contributed by atoms with van der Waals surface area (Å²) in [5.74, 6) is 0.162. The van der Waals surface area contributed by atoms with Crippen molar-refractivity contribution >= 4 is 17.3 Å². The first-order valence-corrected chi connectivity index (χ1v) is 7.38. The van der Waals surface area contributed by atoms with Crippen molar-refractivity contribution in [3.8, 4) is 0 Å². The van der Waals surface area contributed by atoms with Crippen LogP contribution in [0.3, 0.4) is 0 Å². The summed E-state index contributed by atoms with van der Waals surface area (Å²) in [6, 6.07) is 13.9. The van der Waals surface area contributed by atoms with E-state index in [-0.39, 0.29) is 5.91 Å². The van der Waals surface area contributed by atoms with E-state index in [1.807, 2.05) is 54.3 Å². The summed E-state index contributed by atoms with van der Waals surface area (Å²) in [6.45, 7) is 2.84. The van der Waals surface area contributed by atoms with E-state index in [1.54, 1.807) is 0 Å². The third kappa shape index (κ3) is 2.77. The Bertz CT molecular complexity index is 679. The Morgan fingerprint density at radius 1 is 1.24 bits per heavy atom. The normalized spacial score (nSPS) is 13.9. The molecule has 1 aliphatic heterocycles. The van der Waals surface area contributed by atoms with Crippen molar-refractivity contribution < 1.29 is 4.79 Å². The maximum Gasteiger partial charge on any atom is 0.231 e. The SMILES string of the molecule is Cc1ccccc1CC(=O)N1CCCc2cc(N)ccc21. The lowest BCUT2D eigenvalue weighted by atomic mass is 9.99. The number of carbonyl (C=O) groups is 1. The first kappa shape index (κ1) is 13.7. The van der Waals surface area contributed by atoms with Crippen LogP contribution in [0, 0.1) is 6.92 Å². The van der Waals surface area contributed by atoms with Crippen molar-refractivity contribution in [2.45, 2.75) is 26.2 Å². The molecule has 1 amide bonds. The van der Waals surface area contributed by atoms with E-state index in [4.69, 9.17) is 5.73 Å². The standard InChI is InChI=1S/C18H20N2O/c1-13-5-2-3-6-14(13)12-18(21)20-10-4-7-15-11-16(19)8-9-17(15)20/h2-3,5-6,8-9,11H,4,7,10,12,19H2,1H3. The molecule has 0 aliphatic carbocycles. The molecule has 3 rings (SSSR count). The maximum absolute atomic E-state index is 12.7. The van der Waals surface area contributed by atoms with E-state index < -0.39 is 0 Å². The number of amides is 1. The molecule has 3 nitrogen and oxygen atoms in total. The Morgan fingerprint density at radius 3 is 2.86 bits per heavy atom. The van der Waals surface area contributed by atoms with Gasteiger partial charge in [0, 0.05) is 17.9 Å². The molecular weight excluding hydrogens is 260 g/mol. The van der Waals surface area contributed by atoms with E-state index in [0.717, 1.165) is 36.3 Å². The molecule has 0 bridgehead atoms. The Labute approximate surface area is 125 Å². The molecule has 21 heavy (non-hydrogen) atoms. The third-order valence-corrected chi connectivity index (χ3v) is 4.13. The van der Waals surface area contributed by atoms with Crippen molar-refractivity contribution in [1.29, 1.82) is 0 Å². The fraction of sp³-hybridized carbons (Fsp3) is 0.278. The van der Waals surface area contributed by atoms with Crippen molar-refractivity contribution in [2.75, 3.05) is 17.2 Å². The number of nitrogen functional groups attached to an aromatic ring is 1. The predicted octanol–water partition coefficient (Wildman–Crippen LogP) is 3.10. The zero-order valence-electron chi connectivity index (χ0n) is 12.3. The summed E-state index contributed by atoms with van der Waals surface area (Å²) < 4.78 is 0. The molecule has 3 heteroatoms. The average molecular weight is 280 g/mol. The Hall–Kier alpha value is -2.29. The monoisotopic (exact) mass is 280 g/mol. The van der Waals surface area contributed by atoms with E-state index >= 15 is 0 Å². The van der Waals surface area contributed by atoms with Gasteiger partial charge in [-0.1, -0.05) is 24.3 Å². The number of anilines is 2. The summed E-state index contributed by atoms with van der Waals surface area (Å²) >= 11 is 0. The molecular formula is C18H20N2O. The van der Waals surface area contributed by atoms with Crippen LogP contribution in [0.4, 0.5) is 11.4 Å². The number of nitrogens with two attached hydrogens (primary N) is 1. The van der Waals surface area contributed by atoms with E-state index in [2.05, 4.69) is 0 Å². The topological polar surface area (TPSA) is 46.3 Å². The minimum atomic E-state index is 0.162. The minimum absolute atomic E-state index is 0.162. The number of nitrogens with zero attached hydrogens (tertiary/aromatic N) is 1. The molecule has 2 aromatic carbocycles. The fourth-order valence-electron chi connectivity index (χ4n) is 2.94. The molecule has 1 aliphatic rings. The van der Waals surface area contributed by atoms with Crippen molar-refractivity contribution in [3.63, 3.8) is 0 Å².